The summed E-state index contributed by atoms with van der Waals surface area (Å²) < 4.78 is 11.7. The smallest absolute Gasteiger partial charge is 0.162 e. The molecule has 0 N–H and O–H groups in total. The fraction of sp³-hybridized carbons (Fsp3) is 0.200. The Bertz CT molecular complexity index is 600. The van der Waals surface area contributed by atoms with Crippen LogP contribution in [0, 0.1) is 3.57 Å². The Kier molecular flexibility index (Phi) is 5.41. The van der Waals surface area contributed by atoms with E-state index in [9.17, 15) is 0 Å². The van der Waals surface area contributed by atoms with E-state index in [1.807, 2.05) is 30.3 Å². The van der Waals surface area contributed by atoms with Crippen molar-refractivity contribution in [2.24, 2.45) is 0 Å². The van der Waals surface area contributed by atoms with E-state index in [1.165, 1.54) is 0 Å². The minimum absolute atomic E-state index is 0.334. The number of hydrogen-bond donors (Lipinski definition) is 0. The summed E-state index contributed by atoms with van der Waals surface area (Å²) in [6.07, 6.45) is 0. The minimum atomic E-state index is -0.334. The number of benzene rings is 2. The fourth-order valence-electron chi connectivity index (χ4n) is 1.88. The Morgan fingerprint density at radius 1 is 1.00 bits per heavy atom. The van der Waals surface area contributed by atoms with Crippen LogP contribution in [0.25, 0.3) is 0 Å². The molecule has 20 heavy (non-hydrogen) atoms. The molecule has 0 fully saturated rings. The molecule has 5 heteroatoms. The lowest BCUT2D eigenvalue weighted by Crippen LogP contribution is -1.98. The fourth-order valence-corrected chi connectivity index (χ4v) is 2.88. The van der Waals surface area contributed by atoms with Crippen LogP contribution in [0.5, 0.6) is 11.5 Å². The molecule has 2 aromatic rings. The van der Waals surface area contributed by atoms with Gasteiger partial charge in [0.25, 0.3) is 0 Å². The van der Waals surface area contributed by atoms with Crippen molar-refractivity contribution in [3.8, 4) is 11.5 Å². The summed E-state index contributed by atoms with van der Waals surface area (Å²) in [5.74, 6) is 1.20. The monoisotopic (exact) mass is 422 g/mol. The lowest BCUT2D eigenvalue weighted by atomic mass is 10.0. The third kappa shape index (κ3) is 3.32. The van der Waals surface area contributed by atoms with Crippen LogP contribution in [-0.4, -0.2) is 14.2 Å². The van der Waals surface area contributed by atoms with Crippen molar-refractivity contribution >= 4 is 45.8 Å². The van der Waals surface area contributed by atoms with Crippen molar-refractivity contribution in [2.75, 3.05) is 14.2 Å². The zero-order valence-corrected chi connectivity index (χ0v) is 14.7. The van der Waals surface area contributed by atoms with Crippen molar-refractivity contribution in [3.05, 3.63) is 56.1 Å². The van der Waals surface area contributed by atoms with Gasteiger partial charge in [0.05, 0.1) is 19.6 Å². The summed E-state index contributed by atoms with van der Waals surface area (Å²) in [5.41, 5.74) is 1.79. The summed E-state index contributed by atoms with van der Waals surface area (Å²) in [5, 5.41) is 0.223. The minimum Gasteiger partial charge on any atom is -0.493 e. The first kappa shape index (κ1) is 15.7. The van der Waals surface area contributed by atoms with Crippen LogP contribution in [0.15, 0.2) is 36.4 Å². The largest absolute Gasteiger partial charge is 0.493 e. The van der Waals surface area contributed by atoms with Crippen LogP contribution < -0.4 is 9.47 Å². The topological polar surface area (TPSA) is 18.5 Å². The van der Waals surface area contributed by atoms with Gasteiger partial charge in [0.2, 0.25) is 0 Å². The second-order valence-electron chi connectivity index (χ2n) is 4.14. The summed E-state index contributed by atoms with van der Waals surface area (Å²) in [6.45, 7) is 0. The first-order chi connectivity index (χ1) is 9.56. The zero-order valence-electron chi connectivity index (χ0n) is 11.0. The molecule has 0 aliphatic heterocycles. The van der Waals surface area contributed by atoms with Crippen molar-refractivity contribution in [1.82, 2.24) is 0 Å². The van der Waals surface area contributed by atoms with Gasteiger partial charge in [-0.3, -0.25) is 0 Å². The van der Waals surface area contributed by atoms with E-state index in [2.05, 4.69) is 22.6 Å². The Morgan fingerprint density at radius 2 is 1.55 bits per heavy atom. The van der Waals surface area contributed by atoms with E-state index in [-0.39, 0.29) is 5.38 Å². The second kappa shape index (κ2) is 6.87. The number of alkyl halides is 1. The molecule has 0 aliphatic carbocycles. The standard InChI is InChI=1S/C15H13Cl2IO2/c1-19-13-7-11(12(16)8-14(13)20-2)15(17)9-3-5-10(18)6-4-9/h3-8,15H,1-2H3. The number of hydrogen-bond acceptors (Lipinski definition) is 2. The maximum Gasteiger partial charge on any atom is 0.162 e. The number of rotatable bonds is 4. The third-order valence-corrected chi connectivity index (χ3v) is 4.47. The molecule has 0 saturated heterocycles. The lowest BCUT2D eigenvalue weighted by molar-refractivity contribution is 0.354. The second-order valence-corrected chi connectivity index (χ2v) is 6.23. The molecule has 2 aromatic carbocycles. The van der Waals surface area contributed by atoms with Crippen molar-refractivity contribution in [3.63, 3.8) is 0 Å². The molecule has 0 heterocycles. The van der Waals surface area contributed by atoms with Gasteiger partial charge in [-0.1, -0.05) is 23.7 Å². The molecule has 1 unspecified atom stereocenters. The van der Waals surface area contributed by atoms with Gasteiger partial charge in [-0.2, -0.15) is 0 Å². The summed E-state index contributed by atoms with van der Waals surface area (Å²) >= 11 is 15.1. The van der Waals surface area contributed by atoms with Gasteiger partial charge in [0.15, 0.2) is 11.5 Å². The molecule has 0 amide bonds. The maximum absolute atomic E-state index is 6.53. The normalized spacial score (nSPS) is 12.1. The molecule has 0 saturated carbocycles. The van der Waals surface area contributed by atoms with Crippen LogP contribution in [0.2, 0.25) is 5.02 Å². The SMILES string of the molecule is COc1cc(Cl)c(C(Cl)c2ccc(I)cc2)cc1OC. The quantitative estimate of drug-likeness (QED) is 0.492. The van der Waals surface area contributed by atoms with E-state index in [4.69, 9.17) is 32.7 Å². The van der Waals surface area contributed by atoms with Gasteiger partial charge in [0, 0.05) is 14.7 Å². The Labute approximate surface area is 142 Å². The highest BCUT2D eigenvalue weighted by Gasteiger charge is 2.18. The summed E-state index contributed by atoms with van der Waals surface area (Å²) in [6, 6.07) is 11.5. The van der Waals surface area contributed by atoms with Crippen molar-refractivity contribution in [2.45, 2.75) is 5.38 Å². The summed E-state index contributed by atoms with van der Waals surface area (Å²) in [4.78, 5) is 0. The molecule has 1 atom stereocenters. The van der Waals surface area contributed by atoms with Crippen LogP contribution in [0.1, 0.15) is 16.5 Å². The van der Waals surface area contributed by atoms with Gasteiger partial charge >= 0.3 is 0 Å². The van der Waals surface area contributed by atoms with Crippen molar-refractivity contribution in [1.29, 1.82) is 0 Å². The average molecular weight is 423 g/mol. The number of halogens is 3. The highest BCUT2D eigenvalue weighted by atomic mass is 127. The maximum atomic E-state index is 6.53. The molecular weight excluding hydrogens is 410 g/mol. The zero-order chi connectivity index (χ0) is 14.7. The molecule has 0 bridgehead atoms. The third-order valence-electron chi connectivity index (χ3n) is 2.94. The molecule has 0 aromatic heterocycles. The van der Waals surface area contributed by atoms with Crippen LogP contribution >= 0.6 is 45.8 Å². The van der Waals surface area contributed by atoms with E-state index >= 15 is 0 Å². The first-order valence-electron chi connectivity index (χ1n) is 5.87. The van der Waals surface area contributed by atoms with Crippen molar-refractivity contribution < 1.29 is 9.47 Å². The van der Waals surface area contributed by atoms with E-state index < -0.39 is 0 Å². The molecule has 106 valence electrons. The lowest BCUT2D eigenvalue weighted by Gasteiger charge is -2.16. The van der Waals surface area contributed by atoms with Crippen LogP contribution in [0.4, 0.5) is 0 Å². The van der Waals surface area contributed by atoms with Gasteiger partial charge < -0.3 is 9.47 Å². The first-order valence-corrected chi connectivity index (χ1v) is 7.77. The Hall–Kier alpha value is -0.650. The predicted octanol–water partition coefficient (Wildman–Crippen LogP) is 5.29. The molecule has 2 rings (SSSR count). The van der Waals surface area contributed by atoms with E-state index in [0.717, 1.165) is 14.7 Å². The Morgan fingerprint density at radius 3 is 2.10 bits per heavy atom. The van der Waals surface area contributed by atoms with E-state index in [0.29, 0.717) is 16.5 Å². The highest BCUT2D eigenvalue weighted by molar-refractivity contribution is 14.1. The van der Waals surface area contributed by atoms with Gasteiger partial charge in [0.1, 0.15) is 0 Å². The number of ether oxygens (including phenoxy) is 2. The predicted molar refractivity (Wildman–Crippen MR) is 91.4 cm³/mol. The van der Waals surface area contributed by atoms with Gasteiger partial charge in [-0.15, -0.1) is 11.6 Å². The molecular formula is C15H13Cl2IO2. The van der Waals surface area contributed by atoms with Gasteiger partial charge in [-0.25, -0.2) is 0 Å². The highest BCUT2D eigenvalue weighted by Crippen LogP contribution is 2.40. The Balaban J connectivity index is 2.43. The van der Waals surface area contributed by atoms with Crippen LogP contribution in [0.3, 0.4) is 0 Å². The molecule has 0 radical (unpaired) electrons. The number of methoxy groups -OCH3 is 2. The van der Waals surface area contributed by atoms with E-state index in [1.54, 1.807) is 20.3 Å². The average Bonchev–Trinajstić information content (AvgIpc) is 2.47. The molecule has 0 aliphatic rings. The molecule has 2 nitrogen and oxygen atoms in total. The van der Waals surface area contributed by atoms with Crippen LogP contribution in [-0.2, 0) is 0 Å². The van der Waals surface area contributed by atoms with Gasteiger partial charge in [-0.05, 0) is 51.9 Å². The molecule has 0 spiro atoms. The summed E-state index contributed by atoms with van der Waals surface area (Å²) in [7, 11) is 3.16.